The molecule has 0 aliphatic heterocycles. The summed E-state index contributed by atoms with van der Waals surface area (Å²) in [5.41, 5.74) is 13.8. The largest absolute Gasteiger partial charge is 1.00 e. The van der Waals surface area contributed by atoms with Crippen LogP contribution in [0.4, 0.5) is 0 Å². The SMILES string of the molecule is CC/[C](c1ccccc1)=[Zr+2](\[C]1=C(C)C(C)=CC1C)[CH]1c2ccc(C(C)(C)C)cc2-c2cc(C(C)(C)C)ccc21.[Cl-].[Cl-]. The van der Waals surface area contributed by atoms with E-state index in [0.29, 0.717) is 9.54 Å². The van der Waals surface area contributed by atoms with Crippen LogP contribution in [0.5, 0.6) is 0 Å². The molecular formula is C38H46Cl2Zr. The molecule has 3 heteroatoms. The average molecular weight is 665 g/mol. The van der Waals surface area contributed by atoms with Crippen molar-refractivity contribution < 1.29 is 46.1 Å². The molecule has 0 amide bonds. The average Bonchev–Trinajstić information content (AvgIpc) is 3.33. The van der Waals surface area contributed by atoms with Gasteiger partial charge in [0.1, 0.15) is 0 Å². The monoisotopic (exact) mass is 662 g/mol. The summed E-state index contributed by atoms with van der Waals surface area (Å²) in [6.45, 7) is 23.7. The van der Waals surface area contributed by atoms with Crippen LogP contribution in [-0.4, -0.2) is 3.21 Å². The fourth-order valence-electron chi connectivity index (χ4n) is 6.76. The maximum absolute atomic E-state index is 2.54. The maximum atomic E-state index is 2.54. The van der Waals surface area contributed by atoms with E-state index < -0.39 is 21.3 Å². The second-order valence-corrected chi connectivity index (χ2v) is 20.1. The molecule has 1 atom stereocenters. The molecule has 3 aromatic carbocycles. The Bertz CT molecular complexity index is 1460. The standard InChI is InChI=1S/C21H25.C9H10.C8H11.2ClH.Zr/c1-20(2,3)16-9-7-14-11-15-8-10-17(21(4,5)6)13-19(15)18(14)12-16;1-2-6-9-7-4-3-5-8-9;1-6-4-7(2)8(3)5-6;;;/h7-13H,1-6H3;3-5,7-8H,2H2,1H3;4,6H,1-3H3;2*1H;/q;;;;;+2/p-2. The zero-order valence-electron chi connectivity index (χ0n) is 26.5. The molecule has 0 fully saturated rings. The molecule has 0 spiro atoms. The first kappa shape index (κ1) is 34.0. The van der Waals surface area contributed by atoms with Gasteiger partial charge in [0, 0.05) is 0 Å². The molecule has 0 bridgehead atoms. The molecule has 5 rings (SSSR count). The topological polar surface area (TPSA) is 0 Å². The Hall–Kier alpha value is -1.53. The molecule has 0 saturated heterocycles. The molecule has 3 aromatic rings. The van der Waals surface area contributed by atoms with Gasteiger partial charge in [0.05, 0.1) is 0 Å². The van der Waals surface area contributed by atoms with Crippen molar-refractivity contribution in [3.8, 4) is 11.1 Å². The summed E-state index contributed by atoms with van der Waals surface area (Å²) in [4.78, 5) is 0. The summed E-state index contributed by atoms with van der Waals surface area (Å²) < 4.78 is 4.06. The first-order valence-electron chi connectivity index (χ1n) is 14.8. The third-order valence-electron chi connectivity index (χ3n) is 9.08. The van der Waals surface area contributed by atoms with Crippen LogP contribution in [-0.2, 0) is 32.1 Å². The summed E-state index contributed by atoms with van der Waals surface area (Å²) in [6, 6.07) is 26.4. The Kier molecular flexibility index (Phi) is 10.4. The first-order valence-corrected chi connectivity index (χ1v) is 18.7. The van der Waals surface area contributed by atoms with Crippen molar-refractivity contribution in [3.63, 3.8) is 0 Å². The Labute approximate surface area is 269 Å². The van der Waals surface area contributed by atoms with Crippen LogP contribution in [0.2, 0.25) is 0 Å². The molecule has 2 aliphatic carbocycles. The van der Waals surface area contributed by atoms with Crippen LogP contribution in [0, 0.1) is 5.92 Å². The van der Waals surface area contributed by atoms with E-state index in [1.54, 1.807) is 23.2 Å². The number of rotatable bonds is 4. The van der Waals surface area contributed by atoms with E-state index in [0.717, 1.165) is 6.42 Å². The Morgan fingerprint density at radius 2 is 1.22 bits per heavy atom. The van der Waals surface area contributed by atoms with E-state index in [9.17, 15) is 0 Å². The molecule has 0 saturated carbocycles. The minimum absolute atomic E-state index is 0. The molecule has 0 heterocycles. The van der Waals surface area contributed by atoms with E-state index in [4.69, 9.17) is 0 Å². The van der Waals surface area contributed by atoms with Crippen molar-refractivity contribution in [1.82, 2.24) is 0 Å². The summed E-state index contributed by atoms with van der Waals surface area (Å²) in [7, 11) is 0. The number of hydrogen-bond donors (Lipinski definition) is 0. The van der Waals surface area contributed by atoms with Crippen LogP contribution in [0.3, 0.4) is 0 Å². The Balaban J connectivity index is 0.00000231. The molecule has 2 aliphatic rings. The van der Waals surface area contributed by atoms with Gasteiger partial charge in [-0.1, -0.05) is 0 Å². The molecule has 0 radical (unpaired) electrons. The zero-order chi connectivity index (χ0) is 28.3. The van der Waals surface area contributed by atoms with Crippen molar-refractivity contribution in [2.24, 2.45) is 5.92 Å². The molecule has 0 nitrogen and oxygen atoms in total. The summed E-state index contributed by atoms with van der Waals surface area (Å²) >= 11 is -2.51. The predicted molar refractivity (Wildman–Crippen MR) is 168 cm³/mol. The van der Waals surface area contributed by atoms with Crippen LogP contribution in [0.15, 0.2) is 87.2 Å². The minimum Gasteiger partial charge on any atom is -1.00 e. The van der Waals surface area contributed by atoms with Crippen molar-refractivity contribution >= 4 is 3.21 Å². The molecule has 0 aromatic heterocycles. The first-order chi connectivity index (χ1) is 18.3. The van der Waals surface area contributed by atoms with Crippen molar-refractivity contribution in [2.75, 3.05) is 0 Å². The number of halogens is 2. The fourth-order valence-corrected chi connectivity index (χ4v) is 16.9. The van der Waals surface area contributed by atoms with E-state index in [2.05, 4.69) is 142 Å². The van der Waals surface area contributed by atoms with Gasteiger partial charge in [-0.3, -0.25) is 0 Å². The molecule has 0 N–H and O–H groups in total. The van der Waals surface area contributed by atoms with Gasteiger partial charge in [0.15, 0.2) is 0 Å². The number of fused-ring (bicyclic) bond motifs is 3. The summed E-state index contributed by atoms with van der Waals surface area (Å²) in [6.07, 6.45) is 3.66. The normalized spacial score (nSPS) is 16.9. The molecule has 216 valence electrons. The second kappa shape index (κ2) is 12.6. The third-order valence-corrected chi connectivity index (χ3v) is 18.7. The van der Waals surface area contributed by atoms with E-state index in [1.165, 1.54) is 33.4 Å². The van der Waals surface area contributed by atoms with E-state index in [1.807, 2.05) is 0 Å². The number of hydrogen-bond acceptors (Lipinski definition) is 0. The van der Waals surface area contributed by atoms with Gasteiger partial charge in [-0.15, -0.1) is 0 Å². The van der Waals surface area contributed by atoms with Crippen LogP contribution in [0.1, 0.15) is 107 Å². The van der Waals surface area contributed by atoms with E-state index >= 15 is 0 Å². The third kappa shape index (κ3) is 6.25. The fraction of sp³-hybridized carbons (Fsp3) is 0.395. The number of allylic oxidation sites excluding steroid dienone is 4. The quantitative estimate of drug-likeness (QED) is 0.386. The van der Waals surface area contributed by atoms with Crippen LogP contribution >= 0.6 is 0 Å². The smallest absolute Gasteiger partial charge is 1.00 e. The molecule has 1 unspecified atom stereocenters. The van der Waals surface area contributed by atoms with Crippen molar-refractivity contribution in [2.45, 2.75) is 90.1 Å². The predicted octanol–water partition coefficient (Wildman–Crippen LogP) is 4.48. The van der Waals surface area contributed by atoms with Crippen LogP contribution < -0.4 is 24.8 Å². The summed E-state index contributed by atoms with van der Waals surface area (Å²) in [5, 5.41) is 0. The maximum Gasteiger partial charge on any atom is -1.00 e. The molecular weight excluding hydrogens is 619 g/mol. The van der Waals surface area contributed by atoms with Gasteiger partial charge in [-0.25, -0.2) is 0 Å². The summed E-state index contributed by atoms with van der Waals surface area (Å²) in [5.74, 6) is 0.528. The van der Waals surface area contributed by atoms with E-state index in [-0.39, 0.29) is 35.6 Å². The zero-order valence-corrected chi connectivity index (χ0v) is 30.5. The van der Waals surface area contributed by atoms with Crippen LogP contribution in [0.25, 0.3) is 11.1 Å². The van der Waals surface area contributed by atoms with Gasteiger partial charge in [-0.2, -0.15) is 0 Å². The number of benzene rings is 3. The van der Waals surface area contributed by atoms with Gasteiger partial charge in [0.25, 0.3) is 0 Å². The molecule has 41 heavy (non-hydrogen) atoms. The Morgan fingerprint density at radius 3 is 1.61 bits per heavy atom. The van der Waals surface area contributed by atoms with Crippen molar-refractivity contribution in [3.05, 3.63) is 115 Å². The van der Waals surface area contributed by atoms with Gasteiger partial charge >= 0.3 is 247 Å². The van der Waals surface area contributed by atoms with Gasteiger partial charge < -0.3 is 24.8 Å². The second-order valence-electron chi connectivity index (χ2n) is 13.8. The van der Waals surface area contributed by atoms with Gasteiger partial charge in [-0.05, 0) is 0 Å². The Morgan fingerprint density at radius 1 is 0.732 bits per heavy atom. The minimum atomic E-state index is -2.51. The van der Waals surface area contributed by atoms with Gasteiger partial charge in [0.2, 0.25) is 0 Å². The van der Waals surface area contributed by atoms with Crippen molar-refractivity contribution in [1.29, 1.82) is 0 Å².